The molecule has 88 valence electrons. The van der Waals surface area contributed by atoms with E-state index in [1.807, 2.05) is 6.26 Å². The molecule has 3 nitrogen and oxygen atoms in total. The number of carbonyl (C=O) groups excluding carboxylic acids is 1. The third-order valence-corrected chi connectivity index (χ3v) is 2.91. The van der Waals surface area contributed by atoms with Crippen molar-refractivity contribution in [2.24, 2.45) is 0 Å². The Labute approximate surface area is 105 Å². The zero-order chi connectivity index (χ0) is 12.0. The van der Waals surface area contributed by atoms with Gasteiger partial charge in [-0.2, -0.15) is 11.8 Å². The van der Waals surface area contributed by atoms with Crippen LogP contribution >= 0.6 is 23.4 Å². The number of nitrogens with two attached hydrogens (primary N) is 1. The number of hydrogen-bond donors (Lipinski definition) is 2. The number of carbonyl (C=O) groups is 1. The molecule has 1 aromatic carbocycles. The Bertz CT molecular complexity index is 351. The first-order valence-electron chi connectivity index (χ1n) is 4.96. The number of hydrogen-bond acceptors (Lipinski definition) is 3. The van der Waals surface area contributed by atoms with Crippen LogP contribution in [0, 0.1) is 0 Å². The maximum absolute atomic E-state index is 11.7. The normalized spacial score (nSPS) is 10.1. The van der Waals surface area contributed by atoms with Crippen LogP contribution in [0.4, 0.5) is 5.69 Å². The number of amides is 1. The second-order valence-corrected chi connectivity index (χ2v) is 4.80. The number of nitrogens with one attached hydrogen (secondary N) is 1. The van der Waals surface area contributed by atoms with Crippen LogP contribution < -0.4 is 11.1 Å². The van der Waals surface area contributed by atoms with Crippen molar-refractivity contribution in [3.05, 3.63) is 28.8 Å². The predicted molar refractivity (Wildman–Crippen MR) is 71.2 cm³/mol. The Balaban J connectivity index is 2.52. The van der Waals surface area contributed by atoms with Crippen molar-refractivity contribution in [3.8, 4) is 0 Å². The summed E-state index contributed by atoms with van der Waals surface area (Å²) in [5.41, 5.74) is 6.62. The van der Waals surface area contributed by atoms with E-state index in [1.165, 1.54) is 0 Å². The quantitative estimate of drug-likeness (QED) is 0.630. The molecule has 0 aromatic heterocycles. The van der Waals surface area contributed by atoms with Crippen LogP contribution in [0.3, 0.4) is 0 Å². The second kappa shape index (κ2) is 6.66. The van der Waals surface area contributed by atoms with Gasteiger partial charge in [0.25, 0.3) is 5.91 Å². The van der Waals surface area contributed by atoms with Crippen LogP contribution in [0.2, 0.25) is 5.02 Å². The molecule has 0 aliphatic carbocycles. The summed E-state index contributed by atoms with van der Waals surface area (Å²) < 4.78 is 0. The highest BCUT2D eigenvalue weighted by molar-refractivity contribution is 7.98. The molecule has 0 saturated carbocycles. The van der Waals surface area contributed by atoms with E-state index in [1.54, 1.807) is 30.0 Å². The predicted octanol–water partition coefficient (Wildman–Crippen LogP) is 2.41. The van der Waals surface area contributed by atoms with Gasteiger partial charge in [-0.1, -0.05) is 11.6 Å². The van der Waals surface area contributed by atoms with E-state index in [-0.39, 0.29) is 5.91 Å². The lowest BCUT2D eigenvalue weighted by Gasteiger charge is -2.05. The van der Waals surface area contributed by atoms with Gasteiger partial charge in [-0.3, -0.25) is 4.79 Å². The number of benzene rings is 1. The minimum absolute atomic E-state index is 0.129. The van der Waals surface area contributed by atoms with Gasteiger partial charge in [-0.05, 0) is 36.6 Å². The average Bonchev–Trinajstić information content (AvgIpc) is 2.22. The molecule has 0 unspecified atom stereocenters. The molecule has 0 spiro atoms. The van der Waals surface area contributed by atoms with Crippen molar-refractivity contribution >= 4 is 35.0 Å². The molecule has 0 aliphatic heterocycles. The highest BCUT2D eigenvalue weighted by atomic mass is 35.5. The van der Waals surface area contributed by atoms with Gasteiger partial charge in [0.05, 0.1) is 0 Å². The minimum Gasteiger partial charge on any atom is -0.399 e. The van der Waals surface area contributed by atoms with E-state index in [9.17, 15) is 4.79 Å². The molecule has 0 bridgehead atoms. The largest absolute Gasteiger partial charge is 0.399 e. The zero-order valence-corrected chi connectivity index (χ0v) is 10.7. The van der Waals surface area contributed by atoms with E-state index >= 15 is 0 Å². The van der Waals surface area contributed by atoms with Crippen molar-refractivity contribution in [1.29, 1.82) is 0 Å². The molecule has 1 rings (SSSR count). The Hall–Kier alpha value is -0.870. The van der Waals surface area contributed by atoms with E-state index in [0.29, 0.717) is 22.8 Å². The molecule has 0 fully saturated rings. The Morgan fingerprint density at radius 3 is 2.88 bits per heavy atom. The van der Waals surface area contributed by atoms with Gasteiger partial charge < -0.3 is 11.1 Å². The maximum Gasteiger partial charge on any atom is 0.251 e. The van der Waals surface area contributed by atoms with Crippen molar-refractivity contribution in [3.63, 3.8) is 0 Å². The van der Waals surface area contributed by atoms with Crippen molar-refractivity contribution in [2.75, 3.05) is 24.3 Å². The van der Waals surface area contributed by atoms with Crippen molar-refractivity contribution in [2.45, 2.75) is 6.42 Å². The molecule has 0 saturated heterocycles. The van der Waals surface area contributed by atoms with Gasteiger partial charge in [-0.15, -0.1) is 0 Å². The molecule has 0 heterocycles. The number of halogens is 1. The van der Waals surface area contributed by atoms with Crippen LogP contribution in [-0.4, -0.2) is 24.5 Å². The summed E-state index contributed by atoms with van der Waals surface area (Å²) in [6.07, 6.45) is 3.00. The highest BCUT2D eigenvalue weighted by Gasteiger charge is 2.06. The summed E-state index contributed by atoms with van der Waals surface area (Å²) in [4.78, 5) is 11.7. The van der Waals surface area contributed by atoms with Crippen LogP contribution in [0.5, 0.6) is 0 Å². The number of anilines is 1. The second-order valence-electron chi connectivity index (χ2n) is 3.38. The van der Waals surface area contributed by atoms with Gasteiger partial charge in [-0.25, -0.2) is 0 Å². The van der Waals surface area contributed by atoms with Crippen LogP contribution in [0.1, 0.15) is 16.8 Å². The molecule has 16 heavy (non-hydrogen) atoms. The molecule has 3 N–H and O–H groups in total. The lowest BCUT2D eigenvalue weighted by Crippen LogP contribution is -2.24. The third kappa shape index (κ3) is 4.33. The Kier molecular flexibility index (Phi) is 5.49. The number of nitrogen functional groups attached to an aromatic ring is 1. The molecule has 5 heteroatoms. The third-order valence-electron chi connectivity index (χ3n) is 1.99. The maximum atomic E-state index is 11.7. The molecular weight excluding hydrogens is 244 g/mol. The fraction of sp³-hybridized carbons (Fsp3) is 0.364. The molecule has 1 aromatic rings. The summed E-state index contributed by atoms with van der Waals surface area (Å²) in [6, 6.07) is 4.85. The number of rotatable bonds is 5. The molecule has 0 atom stereocenters. The van der Waals surface area contributed by atoms with E-state index < -0.39 is 0 Å². The van der Waals surface area contributed by atoms with Crippen molar-refractivity contribution in [1.82, 2.24) is 5.32 Å². The molecule has 0 radical (unpaired) electrons. The van der Waals surface area contributed by atoms with Crippen molar-refractivity contribution < 1.29 is 4.79 Å². The summed E-state index contributed by atoms with van der Waals surface area (Å²) in [5, 5.41) is 3.30. The van der Waals surface area contributed by atoms with Crippen LogP contribution in [0.25, 0.3) is 0 Å². The van der Waals surface area contributed by atoms with Gasteiger partial charge in [0.2, 0.25) is 0 Å². The summed E-state index contributed by atoms with van der Waals surface area (Å²) in [5.74, 6) is 0.910. The monoisotopic (exact) mass is 258 g/mol. The Morgan fingerprint density at radius 2 is 2.25 bits per heavy atom. The Morgan fingerprint density at radius 1 is 1.50 bits per heavy atom. The van der Waals surface area contributed by atoms with E-state index in [2.05, 4.69) is 5.32 Å². The summed E-state index contributed by atoms with van der Waals surface area (Å²) >= 11 is 7.58. The lowest BCUT2D eigenvalue weighted by molar-refractivity contribution is 0.0954. The average molecular weight is 259 g/mol. The lowest BCUT2D eigenvalue weighted by atomic mass is 10.2. The van der Waals surface area contributed by atoms with E-state index in [4.69, 9.17) is 17.3 Å². The van der Waals surface area contributed by atoms with Gasteiger partial charge in [0.15, 0.2) is 0 Å². The smallest absolute Gasteiger partial charge is 0.251 e. The number of thioether (sulfide) groups is 1. The fourth-order valence-electron chi connectivity index (χ4n) is 1.26. The van der Waals surface area contributed by atoms with Gasteiger partial charge in [0.1, 0.15) is 0 Å². The zero-order valence-electron chi connectivity index (χ0n) is 9.13. The van der Waals surface area contributed by atoms with Gasteiger partial charge in [0, 0.05) is 22.8 Å². The van der Waals surface area contributed by atoms with Crippen LogP contribution in [0.15, 0.2) is 18.2 Å². The highest BCUT2D eigenvalue weighted by Crippen LogP contribution is 2.16. The van der Waals surface area contributed by atoms with Gasteiger partial charge >= 0.3 is 0 Å². The SMILES string of the molecule is CSCCCNC(=O)c1cc(N)cc(Cl)c1. The molecule has 1 amide bonds. The minimum atomic E-state index is -0.129. The first kappa shape index (κ1) is 13.2. The molecule has 0 aliphatic rings. The summed E-state index contributed by atoms with van der Waals surface area (Å²) in [6.45, 7) is 0.673. The molecular formula is C11H15ClN2OS. The van der Waals surface area contributed by atoms with Crippen LogP contribution in [-0.2, 0) is 0 Å². The standard InChI is InChI=1S/C11H15ClN2OS/c1-16-4-2-3-14-11(15)8-5-9(12)7-10(13)6-8/h5-7H,2-4,13H2,1H3,(H,14,15). The topological polar surface area (TPSA) is 55.1 Å². The first-order valence-corrected chi connectivity index (χ1v) is 6.74. The van der Waals surface area contributed by atoms with E-state index in [0.717, 1.165) is 12.2 Å². The summed E-state index contributed by atoms with van der Waals surface area (Å²) in [7, 11) is 0. The fourth-order valence-corrected chi connectivity index (χ4v) is 1.94. The first-order chi connectivity index (χ1) is 7.63.